The summed E-state index contributed by atoms with van der Waals surface area (Å²) in [6, 6.07) is 16.0. The average molecular weight is 335 g/mol. The van der Waals surface area contributed by atoms with Crippen LogP contribution in [0.1, 0.15) is 17.0 Å². The standard InChI is InChI=1S/C20H21N3O2/c24-20-18(17-3-1-2-4-19(17)22-20)13-21-16-7-5-15(6-8-16)14-23-9-11-25-12-10-23/h1-8,13,18H,9-12,14H2,(H,22,24). The molecule has 0 radical (unpaired) electrons. The van der Waals surface area contributed by atoms with Crippen LogP contribution in [0.4, 0.5) is 11.4 Å². The molecule has 1 amide bonds. The van der Waals surface area contributed by atoms with Crippen LogP contribution in [0.2, 0.25) is 0 Å². The highest BCUT2D eigenvalue weighted by Crippen LogP contribution is 2.31. The van der Waals surface area contributed by atoms with E-state index in [1.165, 1.54) is 5.56 Å². The Bertz CT molecular complexity index is 780. The lowest BCUT2D eigenvalue weighted by Crippen LogP contribution is -2.35. The molecule has 1 unspecified atom stereocenters. The maximum atomic E-state index is 12.1. The van der Waals surface area contributed by atoms with E-state index in [9.17, 15) is 4.79 Å². The van der Waals surface area contributed by atoms with E-state index in [1.54, 1.807) is 6.21 Å². The lowest BCUT2D eigenvalue weighted by molar-refractivity contribution is -0.115. The molecule has 2 aromatic carbocycles. The molecular formula is C20H21N3O2. The molecule has 0 spiro atoms. The molecular weight excluding hydrogens is 314 g/mol. The Hall–Kier alpha value is -2.50. The third kappa shape index (κ3) is 3.62. The molecule has 2 aliphatic heterocycles. The van der Waals surface area contributed by atoms with Crippen molar-refractivity contribution in [3.8, 4) is 0 Å². The Morgan fingerprint density at radius 1 is 1.12 bits per heavy atom. The number of anilines is 1. The minimum atomic E-state index is -0.316. The van der Waals surface area contributed by atoms with E-state index in [4.69, 9.17) is 4.74 Å². The summed E-state index contributed by atoms with van der Waals surface area (Å²) in [5.41, 5.74) is 4.00. The smallest absolute Gasteiger partial charge is 0.237 e. The molecule has 25 heavy (non-hydrogen) atoms. The van der Waals surface area contributed by atoms with Gasteiger partial charge < -0.3 is 10.1 Å². The van der Waals surface area contributed by atoms with E-state index in [2.05, 4.69) is 27.3 Å². The molecule has 1 atom stereocenters. The van der Waals surface area contributed by atoms with Gasteiger partial charge in [-0.2, -0.15) is 0 Å². The zero-order valence-corrected chi connectivity index (χ0v) is 14.0. The predicted molar refractivity (Wildman–Crippen MR) is 98.5 cm³/mol. The molecule has 0 aromatic heterocycles. The van der Waals surface area contributed by atoms with Crippen LogP contribution in [0.25, 0.3) is 0 Å². The fraction of sp³-hybridized carbons (Fsp3) is 0.300. The van der Waals surface area contributed by atoms with Crippen LogP contribution in [0.5, 0.6) is 0 Å². The number of hydrogen-bond acceptors (Lipinski definition) is 4. The Balaban J connectivity index is 1.42. The number of carbonyl (C=O) groups is 1. The van der Waals surface area contributed by atoms with Gasteiger partial charge in [0.15, 0.2) is 0 Å². The highest BCUT2D eigenvalue weighted by Gasteiger charge is 2.28. The van der Waals surface area contributed by atoms with Gasteiger partial charge >= 0.3 is 0 Å². The van der Waals surface area contributed by atoms with Gasteiger partial charge in [0.25, 0.3) is 0 Å². The lowest BCUT2D eigenvalue weighted by atomic mass is 10.0. The first-order valence-corrected chi connectivity index (χ1v) is 8.62. The summed E-state index contributed by atoms with van der Waals surface area (Å²) in [6.45, 7) is 4.53. The third-order valence-corrected chi connectivity index (χ3v) is 4.66. The van der Waals surface area contributed by atoms with E-state index >= 15 is 0 Å². The number of morpholine rings is 1. The molecule has 2 aliphatic rings. The summed E-state index contributed by atoms with van der Waals surface area (Å²) < 4.78 is 5.38. The van der Waals surface area contributed by atoms with Crippen molar-refractivity contribution in [1.82, 2.24) is 4.90 Å². The number of nitrogens with one attached hydrogen (secondary N) is 1. The first-order valence-electron chi connectivity index (χ1n) is 8.62. The molecule has 1 N–H and O–H groups in total. The zero-order chi connectivity index (χ0) is 17.1. The van der Waals surface area contributed by atoms with E-state index in [0.717, 1.165) is 49.8 Å². The summed E-state index contributed by atoms with van der Waals surface area (Å²) in [6.07, 6.45) is 1.73. The molecule has 0 bridgehead atoms. The third-order valence-electron chi connectivity index (χ3n) is 4.66. The Morgan fingerprint density at radius 3 is 2.68 bits per heavy atom. The minimum Gasteiger partial charge on any atom is -0.379 e. The van der Waals surface area contributed by atoms with Gasteiger partial charge in [-0.15, -0.1) is 0 Å². The normalized spacial score (nSPS) is 20.6. The van der Waals surface area contributed by atoms with Crippen molar-refractivity contribution < 1.29 is 9.53 Å². The van der Waals surface area contributed by atoms with Gasteiger partial charge in [0, 0.05) is 31.5 Å². The van der Waals surface area contributed by atoms with Crippen molar-refractivity contribution >= 4 is 23.5 Å². The molecule has 1 fully saturated rings. The minimum absolute atomic E-state index is 0.0195. The summed E-state index contributed by atoms with van der Waals surface area (Å²) in [4.78, 5) is 19.0. The number of para-hydroxylation sites is 1. The van der Waals surface area contributed by atoms with Crippen LogP contribution in [0.15, 0.2) is 53.5 Å². The highest BCUT2D eigenvalue weighted by molar-refractivity contribution is 6.12. The average Bonchev–Trinajstić information content (AvgIpc) is 2.97. The summed E-state index contributed by atoms with van der Waals surface area (Å²) in [5.74, 6) is -0.335. The van der Waals surface area contributed by atoms with Gasteiger partial charge in [-0.05, 0) is 29.3 Å². The number of hydrogen-bond donors (Lipinski definition) is 1. The van der Waals surface area contributed by atoms with Crippen LogP contribution in [-0.4, -0.2) is 43.3 Å². The van der Waals surface area contributed by atoms with Gasteiger partial charge in [0.1, 0.15) is 5.92 Å². The van der Waals surface area contributed by atoms with Crippen LogP contribution < -0.4 is 5.32 Å². The van der Waals surface area contributed by atoms with E-state index < -0.39 is 0 Å². The zero-order valence-electron chi connectivity index (χ0n) is 14.0. The second-order valence-corrected chi connectivity index (χ2v) is 6.39. The van der Waals surface area contributed by atoms with Crippen molar-refractivity contribution in [2.45, 2.75) is 12.5 Å². The molecule has 4 rings (SSSR count). The number of nitrogens with zero attached hydrogens (tertiary/aromatic N) is 2. The number of amides is 1. The monoisotopic (exact) mass is 335 g/mol. The molecule has 5 nitrogen and oxygen atoms in total. The quantitative estimate of drug-likeness (QED) is 0.874. The van der Waals surface area contributed by atoms with Gasteiger partial charge in [-0.25, -0.2) is 0 Å². The van der Waals surface area contributed by atoms with Gasteiger partial charge in [0.05, 0.1) is 18.9 Å². The van der Waals surface area contributed by atoms with Gasteiger partial charge in [-0.1, -0.05) is 30.3 Å². The largest absolute Gasteiger partial charge is 0.379 e. The first kappa shape index (κ1) is 16.0. The molecule has 2 heterocycles. The van der Waals surface area contributed by atoms with Crippen molar-refractivity contribution in [2.24, 2.45) is 4.99 Å². The van der Waals surface area contributed by atoms with Crippen LogP contribution in [0, 0.1) is 0 Å². The molecule has 0 saturated carbocycles. The van der Waals surface area contributed by atoms with E-state index in [-0.39, 0.29) is 11.8 Å². The van der Waals surface area contributed by atoms with Gasteiger partial charge in [0.2, 0.25) is 5.91 Å². The molecule has 1 saturated heterocycles. The molecule has 5 heteroatoms. The summed E-state index contributed by atoms with van der Waals surface area (Å²) >= 11 is 0. The van der Waals surface area contributed by atoms with Crippen LogP contribution in [0.3, 0.4) is 0 Å². The molecule has 128 valence electrons. The fourth-order valence-electron chi connectivity index (χ4n) is 3.25. The number of fused-ring (bicyclic) bond motifs is 1. The van der Waals surface area contributed by atoms with Crippen molar-refractivity contribution in [1.29, 1.82) is 0 Å². The van der Waals surface area contributed by atoms with Crippen LogP contribution >= 0.6 is 0 Å². The van der Waals surface area contributed by atoms with Crippen LogP contribution in [-0.2, 0) is 16.1 Å². The van der Waals surface area contributed by atoms with E-state index in [1.807, 2.05) is 36.4 Å². The van der Waals surface area contributed by atoms with Crippen molar-refractivity contribution in [3.63, 3.8) is 0 Å². The maximum absolute atomic E-state index is 12.1. The SMILES string of the molecule is O=C1Nc2ccccc2C1C=Nc1ccc(CN2CCOCC2)cc1. The number of carbonyl (C=O) groups excluding carboxylic acids is 1. The predicted octanol–water partition coefficient (Wildman–Crippen LogP) is 2.96. The number of ether oxygens (including phenoxy) is 1. The Morgan fingerprint density at radius 2 is 1.88 bits per heavy atom. The Labute approximate surface area is 147 Å². The number of benzene rings is 2. The van der Waals surface area contributed by atoms with Crippen molar-refractivity contribution in [3.05, 3.63) is 59.7 Å². The lowest BCUT2D eigenvalue weighted by Gasteiger charge is -2.26. The van der Waals surface area contributed by atoms with Crippen molar-refractivity contribution in [2.75, 3.05) is 31.6 Å². The number of rotatable bonds is 4. The van der Waals surface area contributed by atoms with Gasteiger partial charge in [-0.3, -0.25) is 14.7 Å². The second-order valence-electron chi connectivity index (χ2n) is 6.39. The Kier molecular flexibility index (Phi) is 4.59. The number of aliphatic imine (C=N–C) groups is 1. The molecule has 2 aromatic rings. The second kappa shape index (κ2) is 7.17. The summed E-state index contributed by atoms with van der Waals surface area (Å²) in [5, 5.41) is 2.89. The highest BCUT2D eigenvalue weighted by atomic mass is 16.5. The molecule has 0 aliphatic carbocycles. The maximum Gasteiger partial charge on any atom is 0.237 e. The summed E-state index contributed by atoms with van der Waals surface area (Å²) in [7, 11) is 0. The first-order chi connectivity index (χ1) is 12.3. The fourth-order valence-corrected chi connectivity index (χ4v) is 3.25. The van der Waals surface area contributed by atoms with E-state index in [0.29, 0.717) is 0 Å². The topological polar surface area (TPSA) is 53.9 Å².